The molecule has 0 saturated carbocycles. The van der Waals surface area contributed by atoms with Gasteiger partial charge in [-0.1, -0.05) is 48.9 Å². The molecule has 2 aromatic carbocycles. The summed E-state index contributed by atoms with van der Waals surface area (Å²) < 4.78 is 9.14. The van der Waals surface area contributed by atoms with Crippen molar-refractivity contribution in [2.75, 3.05) is 6.61 Å². The summed E-state index contributed by atoms with van der Waals surface area (Å²) in [5, 5.41) is 2.72. The highest BCUT2D eigenvalue weighted by atomic mass is 35.5. The van der Waals surface area contributed by atoms with E-state index >= 15 is 0 Å². The second-order valence-corrected chi connectivity index (χ2v) is 8.30. The third-order valence-electron chi connectivity index (χ3n) is 4.82. The van der Waals surface area contributed by atoms with Crippen molar-refractivity contribution in [3.8, 4) is 16.9 Å². The molecular weight excluding hydrogens is 444 g/mol. The molecule has 0 aliphatic heterocycles. The number of nitrogens with zero attached hydrogens (tertiary/aromatic N) is 4. The molecule has 6 nitrogen and oxygen atoms in total. The molecule has 2 aromatic heterocycles. The van der Waals surface area contributed by atoms with Crippen LogP contribution < -0.4 is 4.80 Å². The number of carbonyl (C=O) groups is 1. The molecule has 0 fully saturated rings. The number of para-hydroxylation sites is 1. The van der Waals surface area contributed by atoms with Gasteiger partial charge in [0, 0.05) is 22.6 Å². The third-order valence-corrected chi connectivity index (χ3v) is 5.89. The smallest absolute Gasteiger partial charge is 0.358 e. The zero-order valence-corrected chi connectivity index (χ0v) is 19.4. The molecule has 32 heavy (non-hydrogen) atoms. The van der Waals surface area contributed by atoms with Gasteiger partial charge in [-0.15, -0.1) is 11.3 Å². The van der Waals surface area contributed by atoms with Crippen LogP contribution in [0.3, 0.4) is 0 Å². The van der Waals surface area contributed by atoms with E-state index < -0.39 is 5.97 Å². The van der Waals surface area contributed by atoms with Gasteiger partial charge in [0.2, 0.25) is 0 Å². The minimum absolute atomic E-state index is 0.291. The summed E-state index contributed by atoms with van der Waals surface area (Å²) in [6.45, 7) is 4.79. The fourth-order valence-corrected chi connectivity index (χ4v) is 4.43. The zero-order chi connectivity index (χ0) is 22.5. The summed E-state index contributed by atoms with van der Waals surface area (Å²) in [5.41, 5.74) is 3.32. The monoisotopic (exact) mass is 466 g/mol. The minimum Gasteiger partial charge on any atom is -0.461 e. The second kappa shape index (κ2) is 9.97. The van der Waals surface area contributed by atoms with Crippen LogP contribution in [0, 0.1) is 0 Å². The Balaban J connectivity index is 1.91. The number of imidazole rings is 1. The van der Waals surface area contributed by atoms with Crippen molar-refractivity contribution in [2.24, 2.45) is 4.99 Å². The van der Waals surface area contributed by atoms with Crippen LogP contribution in [-0.4, -0.2) is 26.7 Å². The van der Waals surface area contributed by atoms with Gasteiger partial charge in [0.1, 0.15) is 0 Å². The van der Waals surface area contributed by atoms with Crippen molar-refractivity contribution < 1.29 is 9.53 Å². The van der Waals surface area contributed by atoms with E-state index in [-0.39, 0.29) is 0 Å². The molecule has 4 aromatic rings. The average Bonchev–Trinajstić information content (AvgIpc) is 3.40. The van der Waals surface area contributed by atoms with Crippen LogP contribution in [0.4, 0.5) is 5.82 Å². The normalized spacial score (nSPS) is 11.7. The predicted molar refractivity (Wildman–Crippen MR) is 128 cm³/mol. The van der Waals surface area contributed by atoms with Crippen molar-refractivity contribution in [1.29, 1.82) is 0 Å². The van der Waals surface area contributed by atoms with Gasteiger partial charge in [-0.05, 0) is 43.2 Å². The molecule has 0 atom stereocenters. The largest absolute Gasteiger partial charge is 0.461 e. The van der Waals surface area contributed by atoms with E-state index in [0.29, 0.717) is 34.5 Å². The lowest BCUT2D eigenvalue weighted by molar-refractivity contribution is 0.0514. The highest BCUT2D eigenvalue weighted by Crippen LogP contribution is 2.26. The van der Waals surface area contributed by atoms with Crippen molar-refractivity contribution in [3.05, 3.63) is 81.8 Å². The molecule has 0 saturated heterocycles. The number of hydrogen-bond acceptors (Lipinski definition) is 5. The Labute approximate surface area is 195 Å². The molecule has 0 aliphatic carbocycles. The molecule has 0 bridgehead atoms. The second-order valence-electron chi connectivity index (χ2n) is 7.02. The van der Waals surface area contributed by atoms with Crippen molar-refractivity contribution in [2.45, 2.75) is 26.8 Å². The Morgan fingerprint density at radius 3 is 2.56 bits per heavy atom. The summed E-state index contributed by atoms with van der Waals surface area (Å²) >= 11 is 7.58. The number of hydrogen-bond donors (Lipinski definition) is 0. The quantitative estimate of drug-likeness (QED) is 0.320. The maximum atomic E-state index is 12.7. The summed E-state index contributed by atoms with van der Waals surface area (Å²) in [6, 6.07) is 17.7. The molecule has 4 rings (SSSR count). The lowest BCUT2D eigenvalue weighted by atomic mass is 10.1. The first-order valence-electron chi connectivity index (χ1n) is 10.4. The fraction of sp³-hybridized carbons (Fsp3) is 0.208. The van der Waals surface area contributed by atoms with Gasteiger partial charge in [-0.3, -0.25) is 4.57 Å². The van der Waals surface area contributed by atoms with Crippen molar-refractivity contribution in [1.82, 2.24) is 14.1 Å². The van der Waals surface area contributed by atoms with Crippen LogP contribution in [0.5, 0.6) is 0 Å². The standard InChI is InChI=1S/C24H23ClN4O2S/c1-3-14-28-16-26-22(21(28)23(30)31-4-2)27-24-29(19-8-6-5-7-9-19)20(15-32-24)17-10-12-18(25)13-11-17/h5-13,15-16H,3-4,14H2,1-2H3/b27-24-. The highest BCUT2D eigenvalue weighted by Gasteiger charge is 2.20. The number of aryl methyl sites for hydroxylation is 1. The van der Waals surface area contributed by atoms with Gasteiger partial charge in [0.05, 0.1) is 18.6 Å². The summed E-state index contributed by atoms with van der Waals surface area (Å²) in [5.74, 6) is -0.0657. The lowest BCUT2D eigenvalue weighted by Crippen LogP contribution is -2.15. The lowest BCUT2D eigenvalue weighted by Gasteiger charge is -2.09. The number of aromatic nitrogens is 3. The minimum atomic E-state index is -0.419. The zero-order valence-electron chi connectivity index (χ0n) is 17.9. The number of esters is 1. The third kappa shape index (κ3) is 4.54. The van der Waals surface area contributed by atoms with E-state index in [1.54, 1.807) is 17.8 Å². The Morgan fingerprint density at radius 1 is 1.12 bits per heavy atom. The van der Waals surface area contributed by atoms with E-state index in [4.69, 9.17) is 21.3 Å². The van der Waals surface area contributed by atoms with Gasteiger partial charge in [-0.2, -0.15) is 4.99 Å². The number of carbonyl (C=O) groups excluding carboxylic acids is 1. The number of rotatable bonds is 7. The summed E-state index contributed by atoms with van der Waals surface area (Å²) in [4.78, 5) is 22.6. The van der Waals surface area contributed by atoms with E-state index in [1.165, 1.54) is 11.3 Å². The van der Waals surface area contributed by atoms with Crippen LogP contribution in [-0.2, 0) is 11.3 Å². The summed E-state index contributed by atoms with van der Waals surface area (Å²) in [6.07, 6.45) is 2.51. The van der Waals surface area contributed by atoms with Gasteiger partial charge in [0.15, 0.2) is 16.3 Å². The van der Waals surface area contributed by atoms with Crippen LogP contribution in [0.2, 0.25) is 5.02 Å². The molecular formula is C24H23ClN4O2S. The van der Waals surface area contributed by atoms with E-state index in [2.05, 4.69) is 9.55 Å². The number of ether oxygens (including phenoxy) is 1. The molecule has 164 valence electrons. The number of halogens is 1. The molecule has 0 N–H and O–H groups in total. The van der Waals surface area contributed by atoms with Crippen LogP contribution in [0.15, 0.2) is 71.3 Å². The van der Waals surface area contributed by atoms with Gasteiger partial charge < -0.3 is 9.30 Å². The maximum Gasteiger partial charge on any atom is 0.358 e. The Bertz CT molecular complexity index is 1270. The van der Waals surface area contributed by atoms with Gasteiger partial charge >= 0.3 is 5.97 Å². The van der Waals surface area contributed by atoms with Gasteiger partial charge in [0.25, 0.3) is 0 Å². The molecule has 0 amide bonds. The first kappa shape index (κ1) is 22.0. The topological polar surface area (TPSA) is 61.4 Å². The number of benzene rings is 2. The Hall–Kier alpha value is -3.16. The van der Waals surface area contributed by atoms with Crippen LogP contribution >= 0.6 is 22.9 Å². The van der Waals surface area contributed by atoms with Crippen LogP contribution in [0.1, 0.15) is 30.8 Å². The van der Waals surface area contributed by atoms with Crippen molar-refractivity contribution >= 4 is 34.7 Å². The molecule has 0 spiro atoms. The average molecular weight is 467 g/mol. The Morgan fingerprint density at radius 2 is 1.88 bits per heavy atom. The molecule has 0 unspecified atom stereocenters. The SMILES string of the molecule is CCCn1cnc(/N=c2\scc(-c3ccc(Cl)cc3)n2-c2ccccc2)c1C(=O)OCC. The van der Waals surface area contributed by atoms with Crippen LogP contribution in [0.25, 0.3) is 16.9 Å². The molecule has 8 heteroatoms. The first-order chi connectivity index (χ1) is 15.6. The van der Waals surface area contributed by atoms with E-state index in [9.17, 15) is 4.79 Å². The maximum absolute atomic E-state index is 12.7. The fourth-order valence-electron chi connectivity index (χ4n) is 3.40. The van der Waals surface area contributed by atoms with E-state index in [1.807, 2.05) is 66.9 Å². The molecule has 0 aliphatic rings. The van der Waals surface area contributed by atoms with Gasteiger partial charge in [-0.25, -0.2) is 9.78 Å². The Kier molecular flexibility index (Phi) is 6.87. The van der Waals surface area contributed by atoms with Crippen molar-refractivity contribution in [3.63, 3.8) is 0 Å². The molecule has 0 radical (unpaired) electrons. The van der Waals surface area contributed by atoms with E-state index in [0.717, 1.165) is 23.4 Å². The number of thiazole rings is 1. The molecule has 2 heterocycles. The first-order valence-corrected chi connectivity index (χ1v) is 11.7. The highest BCUT2D eigenvalue weighted by molar-refractivity contribution is 7.07. The summed E-state index contributed by atoms with van der Waals surface area (Å²) in [7, 11) is 0. The predicted octanol–water partition coefficient (Wildman–Crippen LogP) is 5.87.